The maximum Gasteiger partial charge on any atom is 0.549 e. The number of rotatable bonds is 17. The fourth-order valence-electron chi connectivity index (χ4n) is 4.83. The first-order chi connectivity index (χ1) is 27.9. The van der Waals surface area contributed by atoms with Crippen molar-refractivity contribution < 1.29 is 101 Å². The first kappa shape index (κ1) is 45.1. The molecular formula is C37H40O21. The van der Waals surface area contributed by atoms with E-state index >= 15 is 0 Å². The van der Waals surface area contributed by atoms with Crippen molar-refractivity contribution in [2.24, 2.45) is 5.41 Å². The molecule has 21 nitrogen and oxygen atoms in total. The molecule has 0 spiro atoms. The molecule has 0 aliphatic rings. The molecule has 0 aromatic heterocycles. The fourth-order valence-corrected chi connectivity index (χ4v) is 4.83. The van der Waals surface area contributed by atoms with Crippen LogP contribution in [0.4, 0.5) is 14.4 Å². The minimum absolute atomic E-state index is 0.00462. The Kier molecular flexibility index (Phi) is 17.3. The zero-order chi connectivity index (χ0) is 42.7. The molecule has 0 saturated carbocycles. The van der Waals surface area contributed by atoms with Gasteiger partial charge in [-0.15, -0.1) is 0 Å². The Morgan fingerprint density at radius 2 is 0.724 bits per heavy atom. The molecule has 0 aliphatic heterocycles. The van der Waals surface area contributed by atoms with Gasteiger partial charge in [-0.2, -0.15) is 14.4 Å². The summed E-state index contributed by atoms with van der Waals surface area (Å²) in [4.78, 5) is 103. The molecule has 3 aromatic rings. The van der Waals surface area contributed by atoms with Crippen molar-refractivity contribution in [2.75, 3.05) is 62.5 Å². The van der Waals surface area contributed by atoms with Gasteiger partial charge in [0.15, 0.2) is 0 Å². The van der Waals surface area contributed by atoms with Crippen molar-refractivity contribution in [1.82, 2.24) is 0 Å². The quantitative estimate of drug-likeness (QED) is 0.0696. The third-order valence-corrected chi connectivity index (χ3v) is 7.71. The van der Waals surface area contributed by atoms with Crippen LogP contribution in [0.5, 0.6) is 34.5 Å². The Bertz CT molecular complexity index is 1700. The standard InChI is InChI=1S/C37H40O21/c1-8-15-37(19-50-34(41)56-53-31(38)25-12-9-22(44-2)16-28(25)47-5,20-51-35(42)57-54-32(39)26-13-10-23(45-3)17-29(26)48-6)21-52-36(43)58-55-33(40)27-14-11-24(46-4)18-30(27)49-7/h9-14,16-18H,8,15,19-21H2,1-7H3. The molecule has 0 amide bonds. The average molecular weight is 821 g/mol. The van der Waals surface area contributed by atoms with Crippen LogP contribution in [0.15, 0.2) is 54.6 Å². The Labute approximate surface area is 330 Å². The van der Waals surface area contributed by atoms with E-state index in [1.54, 1.807) is 6.92 Å². The van der Waals surface area contributed by atoms with Crippen molar-refractivity contribution in [3.63, 3.8) is 0 Å². The van der Waals surface area contributed by atoms with E-state index < -0.39 is 61.6 Å². The van der Waals surface area contributed by atoms with Crippen molar-refractivity contribution in [3.05, 3.63) is 71.3 Å². The number of benzene rings is 3. The van der Waals surface area contributed by atoms with Crippen molar-refractivity contribution in [1.29, 1.82) is 0 Å². The molecular weight excluding hydrogens is 780 g/mol. The van der Waals surface area contributed by atoms with Gasteiger partial charge in [0.2, 0.25) is 0 Å². The smallest absolute Gasteiger partial charge is 0.497 e. The summed E-state index contributed by atoms with van der Waals surface area (Å²) in [7, 11) is 8.06. The van der Waals surface area contributed by atoms with Gasteiger partial charge in [-0.3, -0.25) is 0 Å². The van der Waals surface area contributed by atoms with Crippen molar-refractivity contribution in [3.8, 4) is 34.5 Å². The lowest BCUT2D eigenvalue weighted by Gasteiger charge is -2.30. The Morgan fingerprint density at radius 3 is 0.966 bits per heavy atom. The molecule has 21 heteroatoms. The van der Waals surface area contributed by atoms with Gasteiger partial charge < -0.3 is 42.6 Å². The maximum absolute atomic E-state index is 12.6. The molecule has 0 heterocycles. The van der Waals surface area contributed by atoms with E-state index in [1.807, 2.05) is 0 Å². The lowest BCUT2D eigenvalue weighted by molar-refractivity contribution is -0.217. The number of hydrogen-bond acceptors (Lipinski definition) is 21. The lowest BCUT2D eigenvalue weighted by atomic mass is 9.86. The van der Waals surface area contributed by atoms with Crippen LogP contribution in [0.2, 0.25) is 0 Å². The monoisotopic (exact) mass is 820 g/mol. The van der Waals surface area contributed by atoms with Crippen LogP contribution in [0.1, 0.15) is 50.8 Å². The molecule has 0 N–H and O–H groups in total. The number of carbonyl (C=O) groups is 6. The highest BCUT2D eigenvalue weighted by molar-refractivity contribution is 5.94. The van der Waals surface area contributed by atoms with Gasteiger partial charge >= 0.3 is 36.4 Å². The highest BCUT2D eigenvalue weighted by atomic mass is 17.2. The summed E-state index contributed by atoms with van der Waals surface area (Å²) in [6.45, 7) is -0.498. The predicted molar refractivity (Wildman–Crippen MR) is 190 cm³/mol. The predicted octanol–water partition coefficient (Wildman–Crippen LogP) is 5.60. The second-order valence-corrected chi connectivity index (χ2v) is 11.4. The maximum atomic E-state index is 12.6. The third-order valence-electron chi connectivity index (χ3n) is 7.71. The molecule has 0 saturated heterocycles. The molecule has 0 fully saturated rings. The lowest BCUT2D eigenvalue weighted by Crippen LogP contribution is -2.40. The SMILES string of the molecule is CCCC(COC(=O)OOC(=O)c1ccc(OC)cc1OC)(COC(=O)OOC(=O)c1ccc(OC)cc1OC)COC(=O)OOC(=O)c1ccc(OC)cc1OC. The Hall–Kier alpha value is -7.32. The number of methoxy groups -OCH3 is 6. The highest BCUT2D eigenvalue weighted by Crippen LogP contribution is 2.30. The topological polar surface area (TPSA) is 241 Å². The van der Waals surface area contributed by atoms with Crippen LogP contribution in [0.3, 0.4) is 0 Å². The second kappa shape index (κ2) is 22.3. The molecule has 314 valence electrons. The van der Waals surface area contributed by atoms with E-state index in [9.17, 15) is 28.8 Å². The van der Waals surface area contributed by atoms with E-state index in [4.69, 9.17) is 42.6 Å². The normalized spacial score (nSPS) is 10.4. The summed E-state index contributed by atoms with van der Waals surface area (Å²) in [6.07, 6.45) is -4.35. The van der Waals surface area contributed by atoms with Crippen LogP contribution in [-0.4, -0.2) is 98.9 Å². The molecule has 0 atom stereocenters. The zero-order valence-electron chi connectivity index (χ0n) is 32.3. The Morgan fingerprint density at radius 1 is 0.431 bits per heavy atom. The Balaban J connectivity index is 1.70. The van der Waals surface area contributed by atoms with Gasteiger partial charge in [0.25, 0.3) is 0 Å². The van der Waals surface area contributed by atoms with Gasteiger partial charge in [-0.1, -0.05) is 13.3 Å². The summed E-state index contributed by atoms with van der Waals surface area (Å²) in [5, 5.41) is 0. The molecule has 0 bridgehead atoms. The third kappa shape index (κ3) is 12.9. The first-order valence-corrected chi connectivity index (χ1v) is 16.7. The summed E-state index contributed by atoms with van der Waals surface area (Å²) >= 11 is 0. The fraction of sp³-hybridized carbons (Fsp3) is 0.351. The summed E-state index contributed by atoms with van der Waals surface area (Å²) in [5.41, 5.74) is -2.01. The molecule has 0 unspecified atom stereocenters. The second-order valence-electron chi connectivity index (χ2n) is 11.4. The molecule has 3 rings (SSSR count). The van der Waals surface area contributed by atoms with Crippen molar-refractivity contribution in [2.45, 2.75) is 19.8 Å². The number of ether oxygens (including phenoxy) is 9. The number of hydrogen-bond donors (Lipinski definition) is 0. The van der Waals surface area contributed by atoms with Gasteiger partial charge in [0.05, 0.1) is 48.1 Å². The van der Waals surface area contributed by atoms with E-state index in [0.29, 0.717) is 23.7 Å². The molecule has 3 aromatic carbocycles. The zero-order valence-corrected chi connectivity index (χ0v) is 32.3. The van der Waals surface area contributed by atoms with E-state index in [-0.39, 0.29) is 40.4 Å². The largest absolute Gasteiger partial charge is 0.549 e. The van der Waals surface area contributed by atoms with Crippen LogP contribution in [0, 0.1) is 5.41 Å². The average Bonchev–Trinajstić information content (AvgIpc) is 3.25. The summed E-state index contributed by atoms with van der Waals surface area (Å²) in [5.74, 6) is -2.21. The van der Waals surface area contributed by atoms with Gasteiger partial charge in [0.1, 0.15) is 71.0 Å². The minimum atomic E-state index is -1.61. The van der Waals surface area contributed by atoms with Crippen LogP contribution in [0.25, 0.3) is 0 Å². The van der Waals surface area contributed by atoms with E-state index in [0.717, 1.165) is 0 Å². The van der Waals surface area contributed by atoms with E-state index in [2.05, 4.69) is 29.3 Å². The number of carbonyl (C=O) groups excluding carboxylic acids is 6. The van der Waals surface area contributed by atoms with Crippen LogP contribution >= 0.6 is 0 Å². The first-order valence-electron chi connectivity index (χ1n) is 16.7. The van der Waals surface area contributed by atoms with Crippen LogP contribution < -0.4 is 28.4 Å². The van der Waals surface area contributed by atoms with Gasteiger partial charge in [-0.25, -0.2) is 43.7 Å². The van der Waals surface area contributed by atoms with Gasteiger partial charge in [-0.05, 0) is 42.8 Å². The summed E-state index contributed by atoms with van der Waals surface area (Å²) < 4.78 is 46.1. The minimum Gasteiger partial charge on any atom is -0.497 e. The molecule has 0 radical (unpaired) electrons. The molecule has 0 aliphatic carbocycles. The van der Waals surface area contributed by atoms with Crippen LogP contribution in [-0.2, 0) is 43.5 Å². The molecule has 58 heavy (non-hydrogen) atoms. The van der Waals surface area contributed by atoms with Crippen molar-refractivity contribution >= 4 is 36.4 Å². The van der Waals surface area contributed by atoms with Gasteiger partial charge in [0, 0.05) is 18.2 Å². The van der Waals surface area contributed by atoms with E-state index in [1.165, 1.54) is 97.3 Å². The summed E-state index contributed by atoms with van der Waals surface area (Å²) in [6, 6.07) is 12.3. The highest BCUT2D eigenvalue weighted by Gasteiger charge is 2.37.